The second-order valence-electron chi connectivity index (χ2n) is 8.05. The van der Waals surface area contributed by atoms with Gasteiger partial charge >= 0.3 is 0 Å². The lowest BCUT2D eigenvalue weighted by Crippen LogP contribution is -2.45. The first-order chi connectivity index (χ1) is 13.0. The minimum absolute atomic E-state index is 0.0305. The van der Waals surface area contributed by atoms with Crippen LogP contribution in [0.15, 0.2) is 4.99 Å². The van der Waals surface area contributed by atoms with E-state index in [-0.39, 0.29) is 12.5 Å². The molecule has 1 unspecified atom stereocenters. The van der Waals surface area contributed by atoms with E-state index in [1.54, 1.807) is 19.0 Å². The summed E-state index contributed by atoms with van der Waals surface area (Å²) in [6.45, 7) is 11.1. The molecule has 0 aromatic heterocycles. The third kappa shape index (κ3) is 10.6. The van der Waals surface area contributed by atoms with E-state index in [1.165, 1.54) is 38.5 Å². The maximum atomic E-state index is 11.9. The molecule has 1 saturated carbocycles. The molecule has 6 heteroatoms. The van der Waals surface area contributed by atoms with Crippen LogP contribution in [0.4, 0.5) is 0 Å². The number of guanidine groups is 1. The predicted molar refractivity (Wildman–Crippen MR) is 115 cm³/mol. The van der Waals surface area contributed by atoms with E-state index in [9.17, 15) is 4.79 Å². The summed E-state index contributed by atoms with van der Waals surface area (Å²) < 4.78 is 0. The van der Waals surface area contributed by atoms with Gasteiger partial charge in [0.15, 0.2) is 5.96 Å². The molecule has 0 heterocycles. The number of amides is 1. The molecule has 0 aromatic rings. The molecule has 1 amide bonds. The predicted octanol–water partition coefficient (Wildman–Crippen LogP) is 2.70. The smallest absolute Gasteiger partial charge is 0.243 e. The lowest BCUT2D eigenvalue weighted by molar-refractivity contribution is -0.127. The molecule has 27 heavy (non-hydrogen) atoms. The Morgan fingerprint density at radius 3 is 2.41 bits per heavy atom. The van der Waals surface area contributed by atoms with Gasteiger partial charge in [0.25, 0.3) is 0 Å². The first kappa shape index (κ1) is 23.7. The molecule has 1 aliphatic rings. The van der Waals surface area contributed by atoms with Crippen molar-refractivity contribution in [3.05, 3.63) is 0 Å². The number of aliphatic imine (C=N–C) groups is 1. The lowest BCUT2D eigenvalue weighted by Gasteiger charge is -2.25. The Morgan fingerprint density at radius 1 is 1.15 bits per heavy atom. The second kappa shape index (κ2) is 13.8. The number of hydrogen-bond acceptors (Lipinski definition) is 3. The Morgan fingerprint density at radius 2 is 1.81 bits per heavy atom. The van der Waals surface area contributed by atoms with Crippen LogP contribution in [0.3, 0.4) is 0 Å². The van der Waals surface area contributed by atoms with Gasteiger partial charge in [0, 0.05) is 26.7 Å². The number of carbonyl (C=O) groups excluding carboxylic acids is 1. The van der Waals surface area contributed by atoms with Crippen LogP contribution in [0.5, 0.6) is 0 Å². The Balaban J connectivity index is 2.50. The number of nitrogens with zero attached hydrogens (tertiary/aromatic N) is 3. The molecule has 0 aromatic carbocycles. The minimum atomic E-state index is 0.0305. The topological polar surface area (TPSA) is 60.0 Å². The van der Waals surface area contributed by atoms with Gasteiger partial charge in [-0.1, -0.05) is 33.1 Å². The molecule has 0 saturated heterocycles. The first-order valence-corrected chi connectivity index (χ1v) is 10.9. The quantitative estimate of drug-likeness (QED) is 0.427. The van der Waals surface area contributed by atoms with E-state index in [0.717, 1.165) is 44.5 Å². The largest absolute Gasteiger partial charge is 0.356 e. The number of carbonyl (C=O) groups is 1. The van der Waals surface area contributed by atoms with E-state index in [4.69, 9.17) is 0 Å². The van der Waals surface area contributed by atoms with Crippen molar-refractivity contribution >= 4 is 11.9 Å². The summed E-state index contributed by atoms with van der Waals surface area (Å²) in [5.41, 5.74) is 0. The average Bonchev–Trinajstić information content (AvgIpc) is 2.67. The number of hydrogen-bond donors (Lipinski definition) is 2. The van der Waals surface area contributed by atoms with Gasteiger partial charge in [-0.15, -0.1) is 0 Å². The second-order valence-corrected chi connectivity index (χ2v) is 8.05. The zero-order valence-corrected chi connectivity index (χ0v) is 18.4. The van der Waals surface area contributed by atoms with Crippen molar-refractivity contribution in [3.63, 3.8) is 0 Å². The standard InChI is InChI=1S/C21H43N5O/c1-6-26(7-2)15-11-12-18(3)24-21(23-17-20(27)25(4)5)22-16-19-13-9-8-10-14-19/h18-19H,6-17H2,1-5H3,(H2,22,23,24). The minimum Gasteiger partial charge on any atom is -0.356 e. The molecule has 0 radical (unpaired) electrons. The van der Waals surface area contributed by atoms with Crippen LogP contribution >= 0.6 is 0 Å². The maximum Gasteiger partial charge on any atom is 0.243 e. The summed E-state index contributed by atoms with van der Waals surface area (Å²) in [7, 11) is 3.55. The van der Waals surface area contributed by atoms with Gasteiger partial charge in [-0.3, -0.25) is 4.79 Å². The van der Waals surface area contributed by atoms with Crippen molar-refractivity contribution in [2.24, 2.45) is 10.9 Å². The molecular formula is C21H43N5O. The molecule has 0 bridgehead atoms. The van der Waals surface area contributed by atoms with E-state index in [0.29, 0.717) is 6.04 Å². The van der Waals surface area contributed by atoms with E-state index in [1.807, 2.05) is 0 Å². The van der Waals surface area contributed by atoms with Crippen LogP contribution in [0.25, 0.3) is 0 Å². The van der Waals surface area contributed by atoms with Gasteiger partial charge in [-0.2, -0.15) is 0 Å². The Bertz CT molecular complexity index is 428. The fourth-order valence-corrected chi connectivity index (χ4v) is 3.54. The Kier molecular flexibility index (Phi) is 12.1. The van der Waals surface area contributed by atoms with Crippen LogP contribution in [0, 0.1) is 5.92 Å². The van der Waals surface area contributed by atoms with Crippen LogP contribution in [-0.2, 0) is 4.79 Å². The molecule has 6 nitrogen and oxygen atoms in total. The molecular weight excluding hydrogens is 338 g/mol. The summed E-state index contributed by atoms with van der Waals surface area (Å²) >= 11 is 0. The van der Waals surface area contributed by atoms with Gasteiger partial charge in [-0.25, -0.2) is 4.99 Å². The highest BCUT2D eigenvalue weighted by Gasteiger charge is 2.15. The zero-order chi connectivity index (χ0) is 20.1. The van der Waals surface area contributed by atoms with Crippen molar-refractivity contribution < 1.29 is 4.79 Å². The number of nitrogens with one attached hydrogen (secondary N) is 2. The van der Waals surface area contributed by atoms with Crippen molar-refractivity contribution in [2.45, 2.75) is 71.8 Å². The number of rotatable bonds is 11. The van der Waals surface area contributed by atoms with Gasteiger partial charge < -0.3 is 20.4 Å². The molecule has 1 aliphatic carbocycles. The molecule has 0 aliphatic heterocycles. The molecule has 1 rings (SSSR count). The fourth-order valence-electron chi connectivity index (χ4n) is 3.54. The van der Waals surface area contributed by atoms with Gasteiger partial charge in [0.2, 0.25) is 5.91 Å². The summed E-state index contributed by atoms with van der Waals surface area (Å²) in [6, 6.07) is 0.340. The Labute approximate surface area is 167 Å². The van der Waals surface area contributed by atoms with Gasteiger partial charge in [0.05, 0.1) is 0 Å². The Hall–Kier alpha value is -1.30. The highest BCUT2D eigenvalue weighted by atomic mass is 16.2. The van der Waals surface area contributed by atoms with Crippen LogP contribution < -0.4 is 10.6 Å². The highest BCUT2D eigenvalue weighted by molar-refractivity contribution is 5.84. The third-order valence-electron chi connectivity index (χ3n) is 5.54. The molecule has 158 valence electrons. The molecule has 1 atom stereocenters. The third-order valence-corrected chi connectivity index (χ3v) is 5.54. The molecule has 1 fully saturated rings. The number of likely N-dealkylation sites (N-methyl/N-ethyl adjacent to an activating group) is 1. The molecule has 2 N–H and O–H groups in total. The van der Waals surface area contributed by atoms with Crippen LogP contribution in [-0.4, -0.2) is 74.5 Å². The van der Waals surface area contributed by atoms with E-state index >= 15 is 0 Å². The summed E-state index contributed by atoms with van der Waals surface area (Å²) in [6.07, 6.45) is 8.92. The van der Waals surface area contributed by atoms with Crippen LogP contribution in [0.2, 0.25) is 0 Å². The lowest BCUT2D eigenvalue weighted by atomic mass is 9.89. The monoisotopic (exact) mass is 381 g/mol. The highest BCUT2D eigenvalue weighted by Crippen LogP contribution is 2.22. The van der Waals surface area contributed by atoms with Crippen molar-refractivity contribution in [1.82, 2.24) is 20.4 Å². The zero-order valence-electron chi connectivity index (χ0n) is 18.4. The first-order valence-electron chi connectivity index (χ1n) is 10.9. The van der Waals surface area contributed by atoms with Gasteiger partial charge in [0.1, 0.15) is 6.54 Å². The summed E-state index contributed by atoms with van der Waals surface area (Å²) in [4.78, 5) is 20.5. The fraction of sp³-hybridized carbons (Fsp3) is 0.905. The van der Waals surface area contributed by atoms with E-state index < -0.39 is 0 Å². The maximum absolute atomic E-state index is 11.9. The van der Waals surface area contributed by atoms with Crippen LogP contribution in [0.1, 0.15) is 65.7 Å². The summed E-state index contributed by atoms with van der Waals surface area (Å²) in [5, 5.41) is 7.00. The van der Waals surface area contributed by atoms with Gasteiger partial charge in [-0.05, 0) is 58.2 Å². The SMILES string of the molecule is CCN(CC)CCCC(C)NC(=NCC(=O)N(C)C)NCC1CCCCC1. The van der Waals surface area contributed by atoms with Crippen molar-refractivity contribution in [2.75, 3.05) is 46.8 Å². The van der Waals surface area contributed by atoms with Crippen molar-refractivity contribution in [3.8, 4) is 0 Å². The van der Waals surface area contributed by atoms with E-state index in [2.05, 4.69) is 41.3 Å². The van der Waals surface area contributed by atoms with Crippen molar-refractivity contribution in [1.29, 1.82) is 0 Å². The normalized spacial score (nSPS) is 17.0. The molecule has 0 spiro atoms. The average molecular weight is 382 g/mol. The summed E-state index contributed by atoms with van der Waals surface area (Å²) in [5.74, 6) is 1.54.